The van der Waals surface area contributed by atoms with Crippen LogP contribution in [0, 0.1) is 11.3 Å². The molecule has 0 aliphatic carbocycles. The van der Waals surface area contributed by atoms with Gasteiger partial charge in [0, 0.05) is 29.1 Å². The number of aromatic nitrogens is 1. The van der Waals surface area contributed by atoms with Crippen LogP contribution in [0.2, 0.25) is 0 Å². The van der Waals surface area contributed by atoms with Gasteiger partial charge in [-0.1, -0.05) is 91.0 Å². The third-order valence-corrected chi connectivity index (χ3v) is 7.68. The van der Waals surface area contributed by atoms with Gasteiger partial charge in [0.15, 0.2) is 5.84 Å². The Morgan fingerprint density at radius 3 is 2.15 bits per heavy atom. The molecule has 0 spiro atoms. The molecule has 0 fully saturated rings. The van der Waals surface area contributed by atoms with Gasteiger partial charge >= 0.3 is 0 Å². The van der Waals surface area contributed by atoms with E-state index in [0.29, 0.717) is 12.1 Å². The van der Waals surface area contributed by atoms with Gasteiger partial charge < -0.3 is 9.47 Å². The van der Waals surface area contributed by atoms with Gasteiger partial charge in [0.1, 0.15) is 6.17 Å². The molecule has 192 valence electrons. The van der Waals surface area contributed by atoms with Gasteiger partial charge in [-0.3, -0.25) is 5.01 Å². The van der Waals surface area contributed by atoms with E-state index in [1.807, 2.05) is 24.3 Å². The zero-order valence-corrected chi connectivity index (χ0v) is 22.1. The fourth-order valence-corrected chi connectivity index (χ4v) is 5.81. The first-order valence-electron chi connectivity index (χ1n) is 13.4. The van der Waals surface area contributed by atoms with Crippen LogP contribution < -0.4 is 0 Å². The summed E-state index contributed by atoms with van der Waals surface area (Å²) in [4.78, 5) is 2.26. The molecule has 0 N–H and O–H groups in total. The molecule has 0 amide bonds. The zero-order chi connectivity index (χ0) is 27.1. The number of para-hydroxylation sites is 1. The Morgan fingerprint density at radius 2 is 1.40 bits per heavy atom. The lowest BCUT2D eigenvalue weighted by atomic mass is 10.1. The van der Waals surface area contributed by atoms with Crippen molar-refractivity contribution in [3.05, 3.63) is 150 Å². The summed E-state index contributed by atoms with van der Waals surface area (Å²) in [5.41, 5.74) is 7.48. The number of nitriles is 1. The first kappa shape index (κ1) is 23.8. The second-order valence-electron chi connectivity index (χ2n) is 10.1. The van der Waals surface area contributed by atoms with E-state index in [9.17, 15) is 5.26 Å². The van der Waals surface area contributed by atoms with Crippen molar-refractivity contribution in [1.82, 2.24) is 14.5 Å². The molecular weight excluding hydrogens is 490 g/mol. The van der Waals surface area contributed by atoms with Crippen molar-refractivity contribution in [2.75, 3.05) is 7.05 Å². The Hall–Kier alpha value is -5.34. The summed E-state index contributed by atoms with van der Waals surface area (Å²) in [6, 6.07) is 46.2. The van der Waals surface area contributed by atoms with Crippen LogP contribution in [-0.4, -0.2) is 27.4 Å². The zero-order valence-electron chi connectivity index (χ0n) is 22.1. The molecule has 5 nitrogen and oxygen atoms in total. The lowest BCUT2D eigenvalue weighted by Gasteiger charge is -2.29. The normalized spacial score (nSPS) is 15.0. The molecule has 0 bridgehead atoms. The summed E-state index contributed by atoms with van der Waals surface area (Å²) >= 11 is 0. The van der Waals surface area contributed by atoms with E-state index in [1.165, 1.54) is 11.1 Å². The summed E-state index contributed by atoms with van der Waals surface area (Å²) < 4.78 is 2.28. The maximum Gasteiger partial charge on any atom is 0.157 e. The summed E-state index contributed by atoms with van der Waals surface area (Å²) in [5.74, 6) is 0.966. The second-order valence-corrected chi connectivity index (χ2v) is 10.1. The molecule has 7 rings (SSSR count). The van der Waals surface area contributed by atoms with Crippen LogP contribution in [0.3, 0.4) is 0 Å². The molecule has 1 aliphatic heterocycles. The number of fused-ring (bicyclic) bond motifs is 3. The largest absolute Gasteiger partial charge is 0.332 e. The summed E-state index contributed by atoms with van der Waals surface area (Å²) in [6.07, 6.45) is 0.00255. The minimum absolute atomic E-state index is 0.00255. The minimum atomic E-state index is 0.00255. The maximum atomic E-state index is 9.46. The Balaban J connectivity index is 1.25. The van der Waals surface area contributed by atoms with Crippen molar-refractivity contribution in [1.29, 1.82) is 5.26 Å². The standard InChI is InChI=1S/C35H27N5/c1-38-34(27-10-4-2-5-11-27)37-39(35(38)28-12-6-3-7-13-28)24-25-16-19-29(20-17-25)40-32-15-9-8-14-30(32)31-22-26(23-36)18-21-33(31)40/h2-22,35H,24H2,1H3. The third kappa shape index (κ3) is 3.98. The van der Waals surface area contributed by atoms with Gasteiger partial charge in [-0.25, -0.2) is 0 Å². The van der Waals surface area contributed by atoms with Gasteiger partial charge in [0.05, 0.1) is 29.2 Å². The molecule has 0 radical (unpaired) electrons. The fourth-order valence-electron chi connectivity index (χ4n) is 5.81. The smallest absolute Gasteiger partial charge is 0.157 e. The highest BCUT2D eigenvalue weighted by Crippen LogP contribution is 2.35. The molecule has 5 heteroatoms. The van der Waals surface area contributed by atoms with Crippen LogP contribution in [0.25, 0.3) is 27.5 Å². The van der Waals surface area contributed by atoms with Gasteiger partial charge in [-0.05, 0) is 47.5 Å². The van der Waals surface area contributed by atoms with Crippen LogP contribution in [0.4, 0.5) is 0 Å². The molecule has 2 heterocycles. The van der Waals surface area contributed by atoms with E-state index in [1.54, 1.807) is 0 Å². The van der Waals surface area contributed by atoms with E-state index in [4.69, 9.17) is 5.10 Å². The highest BCUT2D eigenvalue weighted by Gasteiger charge is 2.33. The number of hydrogen-bond acceptors (Lipinski definition) is 4. The predicted octanol–water partition coefficient (Wildman–Crippen LogP) is 7.46. The summed E-state index contributed by atoms with van der Waals surface area (Å²) in [5, 5.41) is 19.0. The Morgan fingerprint density at radius 1 is 0.725 bits per heavy atom. The van der Waals surface area contributed by atoms with Crippen LogP contribution >= 0.6 is 0 Å². The summed E-state index contributed by atoms with van der Waals surface area (Å²) in [7, 11) is 2.12. The van der Waals surface area contributed by atoms with Crippen molar-refractivity contribution in [2.45, 2.75) is 12.7 Å². The Labute approximate surface area is 233 Å². The Bertz CT molecular complexity index is 1900. The number of benzene rings is 5. The van der Waals surface area contributed by atoms with Crippen LogP contribution in [0.1, 0.15) is 28.4 Å². The monoisotopic (exact) mass is 517 g/mol. The van der Waals surface area contributed by atoms with E-state index < -0.39 is 0 Å². The van der Waals surface area contributed by atoms with E-state index in [0.717, 1.165) is 38.9 Å². The van der Waals surface area contributed by atoms with Crippen molar-refractivity contribution in [3.8, 4) is 11.8 Å². The van der Waals surface area contributed by atoms with Gasteiger partial charge in [0.25, 0.3) is 0 Å². The van der Waals surface area contributed by atoms with Crippen molar-refractivity contribution < 1.29 is 0 Å². The lowest BCUT2D eigenvalue weighted by molar-refractivity contribution is 0.139. The number of hydrazone groups is 1. The number of amidine groups is 1. The molecule has 0 saturated carbocycles. The molecule has 40 heavy (non-hydrogen) atoms. The van der Waals surface area contributed by atoms with E-state index in [-0.39, 0.29) is 6.17 Å². The molecule has 1 unspecified atom stereocenters. The molecule has 1 aliphatic rings. The average molecular weight is 518 g/mol. The molecule has 5 aromatic carbocycles. The van der Waals surface area contributed by atoms with E-state index >= 15 is 0 Å². The number of nitrogens with zero attached hydrogens (tertiary/aromatic N) is 5. The van der Waals surface area contributed by atoms with Gasteiger partial charge in [-0.2, -0.15) is 10.4 Å². The van der Waals surface area contributed by atoms with Gasteiger partial charge in [-0.15, -0.1) is 0 Å². The van der Waals surface area contributed by atoms with Crippen LogP contribution in [0.15, 0.2) is 132 Å². The highest BCUT2D eigenvalue weighted by molar-refractivity contribution is 6.09. The first-order chi connectivity index (χ1) is 19.7. The van der Waals surface area contributed by atoms with Crippen molar-refractivity contribution in [3.63, 3.8) is 0 Å². The lowest BCUT2D eigenvalue weighted by Crippen LogP contribution is -2.32. The number of rotatable bonds is 5. The van der Waals surface area contributed by atoms with Gasteiger partial charge in [0.2, 0.25) is 0 Å². The molecule has 1 aromatic heterocycles. The first-order valence-corrected chi connectivity index (χ1v) is 13.4. The van der Waals surface area contributed by atoms with Crippen LogP contribution in [0.5, 0.6) is 0 Å². The van der Waals surface area contributed by atoms with Crippen molar-refractivity contribution >= 4 is 27.6 Å². The Kier molecular flexibility index (Phi) is 5.79. The van der Waals surface area contributed by atoms with Crippen molar-refractivity contribution in [2.24, 2.45) is 5.10 Å². The molecule has 0 saturated heterocycles. The number of hydrogen-bond donors (Lipinski definition) is 0. The topological polar surface area (TPSA) is 47.6 Å². The highest BCUT2D eigenvalue weighted by atomic mass is 15.6. The fraction of sp³-hybridized carbons (Fsp3) is 0.0857. The quantitative estimate of drug-likeness (QED) is 0.238. The minimum Gasteiger partial charge on any atom is -0.332 e. The molecule has 6 aromatic rings. The average Bonchev–Trinajstić information content (AvgIpc) is 3.52. The third-order valence-electron chi connectivity index (χ3n) is 7.68. The second kappa shape index (κ2) is 9.76. The predicted molar refractivity (Wildman–Crippen MR) is 161 cm³/mol. The molecular formula is C35H27N5. The maximum absolute atomic E-state index is 9.46. The summed E-state index contributed by atoms with van der Waals surface area (Å²) in [6.45, 7) is 0.680. The SMILES string of the molecule is CN1C(c2ccccc2)=NN(Cc2ccc(-n3c4ccccc4c4cc(C#N)ccc43)cc2)C1c1ccccc1. The van der Waals surface area contributed by atoms with E-state index in [2.05, 4.69) is 131 Å². The molecule has 1 atom stereocenters. The van der Waals surface area contributed by atoms with Crippen LogP contribution in [-0.2, 0) is 6.54 Å².